The minimum Gasteiger partial charge on any atom is -0.492 e. The number of aryl methyl sites for hydroxylation is 1. The number of hydrogen-bond donors (Lipinski definition) is 1. The van der Waals surface area contributed by atoms with Gasteiger partial charge in [0.2, 0.25) is 0 Å². The fourth-order valence-corrected chi connectivity index (χ4v) is 3.35. The summed E-state index contributed by atoms with van der Waals surface area (Å²) in [6, 6.07) is 8.13. The monoisotopic (exact) mass is 281 g/mol. The lowest BCUT2D eigenvalue weighted by atomic mass is 9.99. The molecule has 4 rings (SSSR count). The van der Waals surface area contributed by atoms with Crippen molar-refractivity contribution in [1.82, 2.24) is 9.97 Å². The van der Waals surface area contributed by atoms with Crippen LogP contribution in [0.1, 0.15) is 47.8 Å². The largest absolute Gasteiger partial charge is 0.492 e. The number of para-hydroxylation sites is 1. The van der Waals surface area contributed by atoms with Gasteiger partial charge in [0.1, 0.15) is 24.0 Å². The van der Waals surface area contributed by atoms with E-state index in [1.165, 1.54) is 30.4 Å². The molecular formula is C17H19N3O. The van der Waals surface area contributed by atoms with Crippen molar-refractivity contribution in [3.8, 4) is 5.75 Å². The molecule has 0 amide bonds. The van der Waals surface area contributed by atoms with E-state index in [0.29, 0.717) is 12.4 Å². The Kier molecular flexibility index (Phi) is 3.02. The fraction of sp³-hybridized carbons (Fsp3) is 0.412. The lowest BCUT2D eigenvalue weighted by Gasteiger charge is -2.13. The van der Waals surface area contributed by atoms with Gasteiger partial charge < -0.3 is 10.5 Å². The van der Waals surface area contributed by atoms with Crippen LogP contribution in [0.3, 0.4) is 0 Å². The standard InChI is InChI=1S/C17H19N3O/c18-16-12-7-2-1-3-8-14(12)19-17(20-16)13-10-21-15-9-5-4-6-11(13)15/h4-6,9,13H,1-3,7-8,10H2,(H2,18,19,20). The van der Waals surface area contributed by atoms with Crippen LogP contribution in [0.5, 0.6) is 5.75 Å². The molecule has 2 aromatic rings. The molecule has 0 saturated heterocycles. The highest BCUT2D eigenvalue weighted by Crippen LogP contribution is 2.37. The van der Waals surface area contributed by atoms with Gasteiger partial charge in [0.25, 0.3) is 0 Å². The molecule has 2 aliphatic rings. The van der Waals surface area contributed by atoms with Gasteiger partial charge in [0.05, 0.1) is 5.92 Å². The van der Waals surface area contributed by atoms with Crippen LogP contribution in [0.4, 0.5) is 5.82 Å². The summed E-state index contributed by atoms with van der Waals surface area (Å²) in [4.78, 5) is 9.44. The van der Waals surface area contributed by atoms with Crippen molar-refractivity contribution in [3.63, 3.8) is 0 Å². The molecule has 0 spiro atoms. The number of ether oxygens (including phenoxy) is 1. The number of nitrogens with zero attached hydrogens (tertiary/aromatic N) is 2. The van der Waals surface area contributed by atoms with Crippen molar-refractivity contribution in [3.05, 3.63) is 46.9 Å². The van der Waals surface area contributed by atoms with E-state index >= 15 is 0 Å². The van der Waals surface area contributed by atoms with Crippen LogP contribution < -0.4 is 10.5 Å². The number of nitrogen functional groups attached to an aromatic ring is 1. The minimum atomic E-state index is 0.108. The highest BCUT2D eigenvalue weighted by atomic mass is 16.5. The molecule has 1 aromatic heterocycles. The summed E-state index contributed by atoms with van der Waals surface area (Å²) < 4.78 is 5.75. The highest BCUT2D eigenvalue weighted by Gasteiger charge is 2.29. The van der Waals surface area contributed by atoms with Crippen molar-refractivity contribution in [2.24, 2.45) is 0 Å². The van der Waals surface area contributed by atoms with E-state index < -0.39 is 0 Å². The van der Waals surface area contributed by atoms with Crippen molar-refractivity contribution in [2.75, 3.05) is 12.3 Å². The lowest BCUT2D eigenvalue weighted by Crippen LogP contribution is -2.13. The lowest BCUT2D eigenvalue weighted by molar-refractivity contribution is 0.339. The molecule has 1 atom stereocenters. The number of nitrogens with two attached hydrogens (primary N) is 1. The number of benzene rings is 1. The first kappa shape index (κ1) is 12.6. The molecule has 1 aliphatic carbocycles. The van der Waals surface area contributed by atoms with Crippen molar-refractivity contribution in [2.45, 2.75) is 38.0 Å². The molecule has 2 N–H and O–H groups in total. The van der Waals surface area contributed by atoms with Gasteiger partial charge in [0, 0.05) is 16.8 Å². The Balaban J connectivity index is 1.77. The van der Waals surface area contributed by atoms with Crippen LogP contribution in [-0.4, -0.2) is 16.6 Å². The van der Waals surface area contributed by atoms with Gasteiger partial charge >= 0.3 is 0 Å². The highest BCUT2D eigenvalue weighted by molar-refractivity contribution is 5.47. The van der Waals surface area contributed by atoms with E-state index in [0.717, 1.165) is 30.1 Å². The van der Waals surface area contributed by atoms with Crippen LogP contribution in [0.2, 0.25) is 0 Å². The predicted octanol–water partition coefficient (Wildman–Crippen LogP) is 2.85. The van der Waals surface area contributed by atoms with Crippen LogP contribution >= 0.6 is 0 Å². The molecular weight excluding hydrogens is 262 g/mol. The van der Waals surface area contributed by atoms with E-state index in [-0.39, 0.29) is 5.92 Å². The summed E-state index contributed by atoms with van der Waals surface area (Å²) in [5, 5.41) is 0. The predicted molar refractivity (Wildman–Crippen MR) is 81.5 cm³/mol. The van der Waals surface area contributed by atoms with Crippen molar-refractivity contribution < 1.29 is 4.74 Å². The van der Waals surface area contributed by atoms with Crippen LogP contribution in [0.25, 0.3) is 0 Å². The molecule has 1 aliphatic heterocycles. The Labute approximate surface area is 124 Å². The van der Waals surface area contributed by atoms with Gasteiger partial charge in [-0.1, -0.05) is 24.6 Å². The van der Waals surface area contributed by atoms with Crippen LogP contribution in [0, 0.1) is 0 Å². The minimum absolute atomic E-state index is 0.108. The second kappa shape index (κ2) is 5.02. The zero-order valence-electron chi connectivity index (χ0n) is 12.0. The topological polar surface area (TPSA) is 61.0 Å². The number of anilines is 1. The average Bonchev–Trinajstić information content (AvgIpc) is 2.78. The van der Waals surface area contributed by atoms with E-state index in [4.69, 9.17) is 15.5 Å². The SMILES string of the molecule is Nc1nc(C2COc3ccccc32)nc2c1CCCCC2. The Morgan fingerprint density at radius 2 is 1.90 bits per heavy atom. The van der Waals surface area contributed by atoms with Gasteiger partial charge in [-0.05, 0) is 31.7 Å². The number of hydrogen-bond acceptors (Lipinski definition) is 4. The van der Waals surface area contributed by atoms with Crippen molar-refractivity contribution in [1.29, 1.82) is 0 Å². The normalized spacial score (nSPS) is 20.3. The van der Waals surface area contributed by atoms with Gasteiger partial charge in [-0.3, -0.25) is 0 Å². The van der Waals surface area contributed by atoms with Gasteiger partial charge in [-0.25, -0.2) is 9.97 Å². The Morgan fingerprint density at radius 3 is 2.86 bits per heavy atom. The van der Waals surface area contributed by atoms with E-state index in [9.17, 15) is 0 Å². The zero-order valence-corrected chi connectivity index (χ0v) is 12.0. The molecule has 4 nitrogen and oxygen atoms in total. The third kappa shape index (κ3) is 2.15. The fourth-order valence-electron chi connectivity index (χ4n) is 3.35. The maximum Gasteiger partial charge on any atom is 0.142 e. The molecule has 108 valence electrons. The summed E-state index contributed by atoms with van der Waals surface area (Å²) in [6.07, 6.45) is 5.67. The van der Waals surface area contributed by atoms with E-state index in [1.54, 1.807) is 0 Å². The first-order valence-electron chi connectivity index (χ1n) is 7.70. The van der Waals surface area contributed by atoms with Gasteiger partial charge in [-0.15, -0.1) is 0 Å². The molecule has 2 heterocycles. The molecule has 0 bridgehead atoms. The van der Waals surface area contributed by atoms with E-state index in [1.807, 2.05) is 18.2 Å². The number of aromatic nitrogens is 2. The third-order valence-corrected chi connectivity index (χ3v) is 4.49. The summed E-state index contributed by atoms with van der Waals surface area (Å²) in [6.45, 7) is 0.609. The summed E-state index contributed by atoms with van der Waals surface area (Å²) in [5.74, 6) is 2.54. The van der Waals surface area contributed by atoms with Gasteiger partial charge in [-0.2, -0.15) is 0 Å². The van der Waals surface area contributed by atoms with Gasteiger partial charge in [0.15, 0.2) is 0 Å². The average molecular weight is 281 g/mol. The van der Waals surface area contributed by atoms with Crippen molar-refractivity contribution >= 4 is 5.82 Å². The zero-order chi connectivity index (χ0) is 14.2. The maximum atomic E-state index is 6.21. The number of rotatable bonds is 1. The quantitative estimate of drug-likeness (QED) is 0.816. The first-order chi connectivity index (χ1) is 10.3. The smallest absolute Gasteiger partial charge is 0.142 e. The second-order valence-electron chi connectivity index (χ2n) is 5.85. The Morgan fingerprint density at radius 1 is 1.05 bits per heavy atom. The molecule has 1 aromatic carbocycles. The Hall–Kier alpha value is -2.10. The van der Waals surface area contributed by atoms with E-state index in [2.05, 4.69) is 11.1 Å². The summed E-state index contributed by atoms with van der Waals surface area (Å²) in [5.41, 5.74) is 9.70. The summed E-state index contributed by atoms with van der Waals surface area (Å²) in [7, 11) is 0. The maximum absolute atomic E-state index is 6.21. The third-order valence-electron chi connectivity index (χ3n) is 4.49. The molecule has 21 heavy (non-hydrogen) atoms. The molecule has 0 fully saturated rings. The van der Waals surface area contributed by atoms with Crippen LogP contribution in [-0.2, 0) is 12.8 Å². The first-order valence-corrected chi connectivity index (χ1v) is 7.70. The molecule has 4 heteroatoms. The second-order valence-corrected chi connectivity index (χ2v) is 5.85. The Bertz CT molecular complexity index is 684. The molecule has 0 radical (unpaired) electrons. The molecule has 1 unspecified atom stereocenters. The molecule has 0 saturated carbocycles. The summed E-state index contributed by atoms with van der Waals surface area (Å²) >= 11 is 0. The van der Waals surface area contributed by atoms with Crippen LogP contribution in [0.15, 0.2) is 24.3 Å². The number of fused-ring (bicyclic) bond motifs is 2.